The zero-order valence-electron chi connectivity index (χ0n) is 11.6. The highest BCUT2D eigenvalue weighted by Crippen LogP contribution is 2.36. The van der Waals surface area contributed by atoms with Crippen molar-refractivity contribution >= 4 is 0 Å². The van der Waals surface area contributed by atoms with Crippen molar-refractivity contribution < 1.29 is 4.74 Å². The van der Waals surface area contributed by atoms with Crippen LogP contribution in [-0.4, -0.2) is 25.3 Å². The number of hydrogen-bond donors (Lipinski definition) is 1. The molecule has 1 heterocycles. The Morgan fingerprint density at radius 2 is 1.88 bits per heavy atom. The van der Waals surface area contributed by atoms with Crippen molar-refractivity contribution in [2.75, 3.05) is 13.2 Å². The molecule has 1 saturated carbocycles. The van der Waals surface area contributed by atoms with Crippen LogP contribution in [0.2, 0.25) is 0 Å². The minimum Gasteiger partial charge on any atom is -0.378 e. The third-order valence-corrected chi connectivity index (χ3v) is 4.52. The quantitative estimate of drug-likeness (QED) is 0.810. The van der Waals surface area contributed by atoms with E-state index in [1.165, 1.54) is 57.9 Å². The van der Waals surface area contributed by atoms with E-state index in [4.69, 9.17) is 4.74 Å². The molecule has 2 rings (SSSR count). The van der Waals surface area contributed by atoms with Crippen molar-refractivity contribution in [1.29, 1.82) is 0 Å². The molecule has 1 atom stereocenters. The van der Waals surface area contributed by atoms with E-state index in [0.29, 0.717) is 11.5 Å². The van der Waals surface area contributed by atoms with Gasteiger partial charge in [-0.3, -0.25) is 0 Å². The molecule has 0 aromatic carbocycles. The monoisotopic (exact) mass is 239 g/mol. The molecule has 1 unspecified atom stereocenters. The van der Waals surface area contributed by atoms with Crippen molar-refractivity contribution in [2.24, 2.45) is 5.41 Å². The SMILES string of the molecule is CC1(C)CCC(OCCC2CCCCN2)CC1. The van der Waals surface area contributed by atoms with Crippen LogP contribution < -0.4 is 5.32 Å². The minimum atomic E-state index is 0.548. The van der Waals surface area contributed by atoms with Crippen LogP contribution in [0.25, 0.3) is 0 Å². The van der Waals surface area contributed by atoms with Gasteiger partial charge in [-0.15, -0.1) is 0 Å². The van der Waals surface area contributed by atoms with Crippen LogP contribution in [0, 0.1) is 5.41 Å². The fraction of sp³-hybridized carbons (Fsp3) is 1.00. The zero-order valence-corrected chi connectivity index (χ0v) is 11.6. The van der Waals surface area contributed by atoms with Gasteiger partial charge in [-0.2, -0.15) is 0 Å². The van der Waals surface area contributed by atoms with Gasteiger partial charge in [-0.25, -0.2) is 0 Å². The lowest BCUT2D eigenvalue weighted by atomic mass is 9.76. The summed E-state index contributed by atoms with van der Waals surface area (Å²) >= 11 is 0. The molecule has 1 N–H and O–H groups in total. The summed E-state index contributed by atoms with van der Waals surface area (Å²) in [7, 11) is 0. The molecule has 0 aromatic rings. The van der Waals surface area contributed by atoms with Gasteiger partial charge in [-0.05, 0) is 56.9 Å². The molecule has 2 aliphatic rings. The number of piperidine rings is 1. The number of nitrogens with one attached hydrogen (secondary N) is 1. The number of hydrogen-bond acceptors (Lipinski definition) is 2. The molecule has 17 heavy (non-hydrogen) atoms. The van der Waals surface area contributed by atoms with Gasteiger partial charge >= 0.3 is 0 Å². The van der Waals surface area contributed by atoms with E-state index in [9.17, 15) is 0 Å². The molecule has 1 aliphatic carbocycles. The maximum atomic E-state index is 6.04. The molecule has 0 amide bonds. The van der Waals surface area contributed by atoms with Gasteiger partial charge in [0.2, 0.25) is 0 Å². The van der Waals surface area contributed by atoms with Gasteiger partial charge < -0.3 is 10.1 Å². The average Bonchev–Trinajstić information content (AvgIpc) is 2.33. The van der Waals surface area contributed by atoms with Gasteiger partial charge in [0.05, 0.1) is 6.10 Å². The van der Waals surface area contributed by atoms with Gasteiger partial charge in [0, 0.05) is 12.6 Å². The zero-order chi connectivity index (χ0) is 12.1. The Morgan fingerprint density at radius 3 is 2.53 bits per heavy atom. The first-order valence-corrected chi connectivity index (χ1v) is 7.51. The highest BCUT2D eigenvalue weighted by molar-refractivity contribution is 4.79. The van der Waals surface area contributed by atoms with Gasteiger partial charge in [0.25, 0.3) is 0 Å². The normalized spacial score (nSPS) is 30.4. The molecule has 2 fully saturated rings. The second kappa shape index (κ2) is 6.19. The second-order valence-corrected chi connectivity index (χ2v) is 6.67. The summed E-state index contributed by atoms with van der Waals surface area (Å²) in [6.45, 7) is 6.94. The predicted molar refractivity (Wildman–Crippen MR) is 72.2 cm³/mol. The van der Waals surface area contributed by atoms with Crippen LogP contribution in [0.3, 0.4) is 0 Å². The van der Waals surface area contributed by atoms with Crippen LogP contribution in [0.15, 0.2) is 0 Å². The Bertz CT molecular complexity index is 211. The Morgan fingerprint density at radius 1 is 1.12 bits per heavy atom. The van der Waals surface area contributed by atoms with Crippen LogP contribution in [0.1, 0.15) is 65.2 Å². The lowest BCUT2D eigenvalue weighted by molar-refractivity contribution is -0.0000999. The molecule has 0 radical (unpaired) electrons. The van der Waals surface area contributed by atoms with E-state index < -0.39 is 0 Å². The van der Waals surface area contributed by atoms with Crippen molar-refractivity contribution in [1.82, 2.24) is 5.32 Å². The summed E-state index contributed by atoms with van der Waals surface area (Å²) in [4.78, 5) is 0. The second-order valence-electron chi connectivity index (χ2n) is 6.67. The van der Waals surface area contributed by atoms with Gasteiger partial charge in [-0.1, -0.05) is 20.3 Å². The first kappa shape index (κ1) is 13.4. The number of ether oxygens (including phenoxy) is 1. The Balaban J connectivity index is 1.56. The smallest absolute Gasteiger partial charge is 0.0575 e. The Kier molecular flexibility index (Phi) is 4.87. The molecular formula is C15H29NO. The largest absolute Gasteiger partial charge is 0.378 e. The summed E-state index contributed by atoms with van der Waals surface area (Å²) in [6.07, 6.45) is 11.1. The summed E-state index contributed by atoms with van der Waals surface area (Å²) in [5, 5.41) is 3.59. The highest BCUT2D eigenvalue weighted by Gasteiger charge is 2.27. The van der Waals surface area contributed by atoms with E-state index in [2.05, 4.69) is 19.2 Å². The third kappa shape index (κ3) is 4.59. The molecule has 2 heteroatoms. The summed E-state index contributed by atoms with van der Waals surface area (Å²) in [5.74, 6) is 0. The fourth-order valence-corrected chi connectivity index (χ4v) is 3.09. The van der Waals surface area contributed by atoms with Gasteiger partial charge in [0.1, 0.15) is 0 Å². The molecular weight excluding hydrogens is 210 g/mol. The van der Waals surface area contributed by atoms with Crippen LogP contribution in [0.4, 0.5) is 0 Å². The fourth-order valence-electron chi connectivity index (χ4n) is 3.09. The van der Waals surface area contributed by atoms with E-state index in [1.54, 1.807) is 0 Å². The summed E-state index contributed by atoms with van der Waals surface area (Å²) in [6, 6.07) is 0.726. The Labute approximate surface area is 107 Å². The third-order valence-electron chi connectivity index (χ3n) is 4.52. The van der Waals surface area contributed by atoms with Gasteiger partial charge in [0.15, 0.2) is 0 Å². The number of rotatable bonds is 4. The molecule has 1 saturated heterocycles. The Hall–Kier alpha value is -0.0800. The molecule has 0 aromatic heterocycles. The van der Waals surface area contributed by atoms with Crippen molar-refractivity contribution in [3.63, 3.8) is 0 Å². The maximum Gasteiger partial charge on any atom is 0.0575 e. The maximum absolute atomic E-state index is 6.04. The van der Waals surface area contributed by atoms with Crippen LogP contribution in [-0.2, 0) is 4.74 Å². The van der Waals surface area contributed by atoms with Crippen molar-refractivity contribution in [2.45, 2.75) is 77.4 Å². The predicted octanol–water partition coefficient (Wildman–Crippen LogP) is 3.50. The van der Waals surface area contributed by atoms with E-state index in [0.717, 1.165) is 12.6 Å². The highest BCUT2D eigenvalue weighted by atomic mass is 16.5. The minimum absolute atomic E-state index is 0.548. The van der Waals surface area contributed by atoms with Crippen LogP contribution >= 0.6 is 0 Å². The lowest BCUT2D eigenvalue weighted by Gasteiger charge is -2.34. The first-order valence-electron chi connectivity index (χ1n) is 7.51. The molecule has 0 bridgehead atoms. The molecule has 1 aliphatic heterocycles. The standard InChI is InChI=1S/C15H29NO/c1-15(2)9-6-14(7-10-15)17-12-8-13-5-3-4-11-16-13/h13-14,16H,3-12H2,1-2H3. The lowest BCUT2D eigenvalue weighted by Crippen LogP contribution is -2.35. The topological polar surface area (TPSA) is 21.3 Å². The summed E-state index contributed by atoms with van der Waals surface area (Å²) < 4.78 is 6.04. The first-order chi connectivity index (χ1) is 8.16. The molecule has 0 spiro atoms. The van der Waals surface area contributed by atoms with E-state index in [-0.39, 0.29) is 0 Å². The average molecular weight is 239 g/mol. The van der Waals surface area contributed by atoms with Crippen molar-refractivity contribution in [3.05, 3.63) is 0 Å². The van der Waals surface area contributed by atoms with E-state index >= 15 is 0 Å². The molecule has 2 nitrogen and oxygen atoms in total. The summed E-state index contributed by atoms with van der Waals surface area (Å²) in [5.41, 5.74) is 0.560. The van der Waals surface area contributed by atoms with E-state index in [1.807, 2.05) is 0 Å². The van der Waals surface area contributed by atoms with Crippen molar-refractivity contribution in [3.8, 4) is 0 Å². The molecule has 100 valence electrons. The van der Waals surface area contributed by atoms with Crippen LogP contribution in [0.5, 0.6) is 0 Å².